The molecule has 0 unspecified atom stereocenters. The molecule has 0 saturated heterocycles. The molecule has 7 heteroatoms. The van der Waals surface area contributed by atoms with E-state index in [0.717, 1.165) is 34.9 Å². The molecule has 0 fully saturated rings. The van der Waals surface area contributed by atoms with Crippen molar-refractivity contribution in [1.82, 2.24) is 14.7 Å². The minimum absolute atomic E-state index is 0.0484. The normalized spacial score (nSPS) is 12.2. The molecule has 1 atom stereocenters. The molecule has 2 heterocycles. The zero-order valence-electron chi connectivity index (χ0n) is 16.5. The van der Waals surface area contributed by atoms with Crippen LogP contribution in [0.3, 0.4) is 0 Å². The zero-order valence-corrected chi connectivity index (χ0v) is 17.3. The van der Waals surface area contributed by atoms with Crippen LogP contribution in [0.1, 0.15) is 22.9 Å². The van der Waals surface area contributed by atoms with E-state index in [2.05, 4.69) is 15.6 Å². The van der Waals surface area contributed by atoms with Crippen LogP contribution in [0.25, 0.3) is 4.96 Å². The highest BCUT2D eigenvalue weighted by Gasteiger charge is 2.10. The van der Waals surface area contributed by atoms with Crippen LogP contribution in [0.15, 0.2) is 72.4 Å². The molecular weight excluding hydrogens is 396 g/mol. The predicted octanol–water partition coefficient (Wildman–Crippen LogP) is 3.44. The van der Waals surface area contributed by atoms with E-state index < -0.39 is 6.10 Å². The fraction of sp³-hybridized carbons (Fsp3) is 0.217. The van der Waals surface area contributed by atoms with Gasteiger partial charge in [0.25, 0.3) is 0 Å². The summed E-state index contributed by atoms with van der Waals surface area (Å²) in [6.07, 6.45) is 4.27. The number of nitrogens with zero attached hydrogens (tertiary/aromatic N) is 2. The van der Waals surface area contributed by atoms with Gasteiger partial charge < -0.3 is 15.7 Å². The van der Waals surface area contributed by atoms with E-state index in [-0.39, 0.29) is 5.91 Å². The van der Waals surface area contributed by atoms with Crippen molar-refractivity contribution in [1.29, 1.82) is 0 Å². The first-order valence-electron chi connectivity index (χ1n) is 9.91. The number of benzene rings is 2. The highest BCUT2D eigenvalue weighted by molar-refractivity contribution is 7.15. The molecule has 6 nitrogen and oxygen atoms in total. The fourth-order valence-electron chi connectivity index (χ4n) is 3.29. The first-order chi connectivity index (χ1) is 14.7. The van der Waals surface area contributed by atoms with Crippen LogP contribution in [0.5, 0.6) is 0 Å². The van der Waals surface area contributed by atoms with E-state index in [4.69, 9.17) is 0 Å². The summed E-state index contributed by atoms with van der Waals surface area (Å²) in [4.78, 5) is 17.5. The number of imidazole rings is 1. The molecule has 0 spiro atoms. The van der Waals surface area contributed by atoms with Gasteiger partial charge in [-0.3, -0.25) is 9.20 Å². The minimum Gasteiger partial charge on any atom is -0.387 e. The average molecular weight is 421 g/mol. The number of rotatable bonds is 9. The number of hydrogen-bond donors (Lipinski definition) is 3. The van der Waals surface area contributed by atoms with Gasteiger partial charge in [-0.25, -0.2) is 4.98 Å². The number of carbonyl (C=O) groups excluding carboxylic acids is 1. The van der Waals surface area contributed by atoms with Crippen LogP contribution in [0.4, 0.5) is 5.69 Å². The van der Waals surface area contributed by atoms with Crippen LogP contribution in [-0.2, 0) is 17.6 Å². The van der Waals surface area contributed by atoms with Gasteiger partial charge in [0, 0.05) is 35.7 Å². The maximum absolute atomic E-state index is 12.3. The molecule has 0 aliphatic carbocycles. The van der Waals surface area contributed by atoms with Gasteiger partial charge in [-0.2, -0.15) is 0 Å². The maximum Gasteiger partial charge on any atom is 0.230 e. The predicted molar refractivity (Wildman–Crippen MR) is 120 cm³/mol. The van der Waals surface area contributed by atoms with Crippen molar-refractivity contribution in [3.63, 3.8) is 0 Å². The van der Waals surface area contributed by atoms with Gasteiger partial charge in [0.1, 0.15) is 0 Å². The Kier molecular flexibility index (Phi) is 6.53. The van der Waals surface area contributed by atoms with Crippen LogP contribution >= 0.6 is 11.3 Å². The molecule has 154 valence electrons. The zero-order chi connectivity index (χ0) is 20.8. The summed E-state index contributed by atoms with van der Waals surface area (Å²) in [6, 6.07) is 17.5. The molecule has 1 amide bonds. The average Bonchev–Trinajstić information content (AvgIpc) is 3.38. The largest absolute Gasteiger partial charge is 0.387 e. The van der Waals surface area contributed by atoms with Crippen LogP contribution < -0.4 is 10.6 Å². The molecule has 2 aromatic heterocycles. The molecule has 0 aliphatic heterocycles. The SMILES string of the molecule is O=C(Cc1csc2nccn12)Nc1ccc(CCNC[C@H](O)c2ccccc2)cc1. The first-order valence-corrected chi connectivity index (χ1v) is 10.8. The number of thiazole rings is 1. The Morgan fingerprint density at radius 1 is 1.13 bits per heavy atom. The van der Waals surface area contributed by atoms with Gasteiger partial charge in [-0.05, 0) is 36.2 Å². The van der Waals surface area contributed by atoms with Gasteiger partial charge in [0.15, 0.2) is 4.96 Å². The number of aromatic nitrogens is 2. The molecule has 4 aromatic rings. The lowest BCUT2D eigenvalue weighted by Crippen LogP contribution is -2.23. The van der Waals surface area contributed by atoms with Crippen LogP contribution in [-0.4, -0.2) is 33.5 Å². The second-order valence-electron chi connectivity index (χ2n) is 7.11. The number of amides is 1. The Hall–Kier alpha value is -3.00. The van der Waals surface area contributed by atoms with Crippen molar-refractivity contribution in [2.24, 2.45) is 0 Å². The molecule has 4 rings (SSSR count). The molecule has 0 aliphatic rings. The van der Waals surface area contributed by atoms with Gasteiger partial charge in [0.2, 0.25) is 5.91 Å². The van der Waals surface area contributed by atoms with Gasteiger partial charge >= 0.3 is 0 Å². The summed E-state index contributed by atoms with van der Waals surface area (Å²) in [7, 11) is 0. The van der Waals surface area contributed by atoms with Gasteiger partial charge in [0.05, 0.1) is 12.5 Å². The number of fused-ring (bicyclic) bond motifs is 1. The van der Waals surface area contributed by atoms with Crippen molar-refractivity contribution in [2.75, 3.05) is 18.4 Å². The fourth-order valence-corrected chi connectivity index (χ4v) is 4.14. The van der Waals surface area contributed by atoms with Gasteiger partial charge in [-0.15, -0.1) is 11.3 Å². The number of aliphatic hydroxyl groups excluding tert-OH is 1. The standard InChI is InChI=1S/C23H24N4O2S/c28-21(18-4-2-1-3-5-18)15-24-11-10-17-6-8-19(9-7-17)26-22(29)14-20-16-30-23-25-12-13-27(20)23/h1-9,12-13,16,21,24,28H,10-11,14-15H2,(H,26,29)/t21-/m0/s1. The van der Waals surface area contributed by atoms with E-state index in [1.54, 1.807) is 6.20 Å². The number of hydrogen-bond acceptors (Lipinski definition) is 5. The quantitative estimate of drug-likeness (QED) is 0.363. The van der Waals surface area contributed by atoms with Crippen molar-refractivity contribution in [2.45, 2.75) is 18.9 Å². The summed E-state index contributed by atoms with van der Waals surface area (Å²) >= 11 is 1.53. The van der Waals surface area contributed by atoms with Crippen molar-refractivity contribution >= 4 is 27.9 Å². The Labute approximate surface area is 179 Å². The monoisotopic (exact) mass is 420 g/mol. The summed E-state index contributed by atoms with van der Waals surface area (Å²) in [6.45, 7) is 1.29. The van der Waals surface area contributed by atoms with E-state index in [9.17, 15) is 9.90 Å². The molecule has 0 saturated carbocycles. The topological polar surface area (TPSA) is 78.7 Å². The van der Waals surface area contributed by atoms with Crippen molar-refractivity contribution < 1.29 is 9.90 Å². The third-order valence-electron chi connectivity index (χ3n) is 4.91. The lowest BCUT2D eigenvalue weighted by Gasteiger charge is -2.12. The van der Waals surface area contributed by atoms with Crippen LogP contribution in [0, 0.1) is 0 Å². The van der Waals surface area contributed by atoms with Crippen molar-refractivity contribution in [3.8, 4) is 0 Å². The molecule has 30 heavy (non-hydrogen) atoms. The minimum atomic E-state index is -0.504. The molecule has 0 radical (unpaired) electrons. The van der Waals surface area contributed by atoms with E-state index in [0.29, 0.717) is 13.0 Å². The lowest BCUT2D eigenvalue weighted by atomic mass is 10.1. The Balaban J connectivity index is 1.21. The highest BCUT2D eigenvalue weighted by Crippen LogP contribution is 2.16. The van der Waals surface area contributed by atoms with E-state index in [1.807, 2.05) is 70.6 Å². The summed E-state index contributed by atoms with van der Waals surface area (Å²) in [5.74, 6) is -0.0484. The molecule has 2 aromatic carbocycles. The Bertz CT molecular complexity index is 1090. The number of carbonyl (C=O) groups is 1. The number of anilines is 1. The summed E-state index contributed by atoms with van der Waals surface area (Å²) < 4.78 is 1.94. The van der Waals surface area contributed by atoms with Gasteiger partial charge in [-0.1, -0.05) is 42.5 Å². The third kappa shape index (κ3) is 5.13. The first kappa shape index (κ1) is 20.3. The number of nitrogens with one attached hydrogen (secondary N) is 2. The maximum atomic E-state index is 12.3. The second-order valence-corrected chi connectivity index (χ2v) is 7.95. The summed E-state index contributed by atoms with van der Waals surface area (Å²) in [5, 5.41) is 18.4. The number of aliphatic hydroxyl groups is 1. The molecular formula is C23H24N4O2S. The highest BCUT2D eigenvalue weighted by atomic mass is 32.1. The summed E-state index contributed by atoms with van der Waals surface area (Å²) in [5.41, 5.74) is 3.81. The smallest absolute Gasteiger partial charge is 0.230 e. The Morgan fingerprint density at radius 2 is 1.93 bits per heavy atom. The van der Waals surface area contributed by atoms with Crippen LogP contribution in [0.2, 0.25) is 0 Å². The second kappa shape index (κ2) is 9.67. The van der Waals surface area contributed by atoms with E-state index >= 15 is 0 Å². The molecule has 0 bridgehead atoms. The molecule has 3 N–H and O–H groups in total. The van der Waals surface area contributed by atoms with E-state index in [1.165, 1.54) is 16.9 Å². The lowest BCUT2D eigenvalue weighted by molar-refractivity contribution is -0.115. The Morgan fingerprint density at radius 3 is 2.73 bits per heavy atom. The van der Waals surface area contributed by atoms with Crippen molar-refractivity contribution in [3.05, 3.63) is 89.2 Å². The third-order valence-corrected chi connectivity index (χ3v) is 5.81.